The molecule has 0 amide bonds. The molecular formula is C11H7ClF2N2. The highest BCUT2D eigenvalue weighted by molar-refractivity contribution is 6.33. The molecule has 1 aromatic heterocycles. The Hall–Kier alpha value is -1.68. The van der Waals surface area contributed by atoms with Crippen LogP contribution in [0.5, 0.6) is 0 Å². The maximum atomic E-state index is 13.1. The topological polar surface area (TPSA) is 38.9 Å². The fourth-order valence-corrected chi connectivity index (χ4v) is 1.59. The number of nitrogens with zero attached hydrogens (tertiary/aromatic N) is 1. The van der Waals surface area contributed by atoms with E-state index < -0.39 is 11.6 Å². The first-order chi connectivity index (χ1) is 7.58. The highest BCUT2D eigenvalue weighted by atomic mass is 35.5. The van der Waals surface area contributed by atoms with Crippen molar-refractivity contribution in [2.24, 2.45) is 0 Å². The van der Waals surface area contributed by atoms with Crippen LogP contribution in [-0.4, -0.2) is 4.98 Å². The number of anilines is 1. The van der Waals surface area contributed by atoms with Crippen LogP contribution >= 0.6 is 11.6 Å². The molecule has 2 aromatic rings. The van der Waals surface area contributed by atoms with Gasteiger partial charge in [-0.25, -0.2) is 8.78 Å². The maximum absolute atomic E-state index is 13.1. The van der Waals surface area contributed by atoms with E-state index in [0.29, 0.717) is 11.1 Å². The first-order valence-electron chi connectivity index (χ1n) is 4.43. The molecule has 0 saturated heterocycles. The van der Waals surface area contributed by atoms with Gasteiger partial charge in [-0.1, -0.05) is 11.6 Å². The molecule has 82 valence electrons. The average Bonchev–Trinajstić information content (AvgIpc) is 2.23. The first kappa shape index (κ1) is 10.8. The summed E-state index contributed by atoms with van der Waals surface area (Å²) in [5.74, 6) is -1.05. The summed E-state index contributed by atoms with van der Waals surface area (Å²) in [5.41, 5.74) is 6.61. The van der Waals surface area contributed by atoms with Gasteiger partial charge >= 0.3 is 0 Å². The molecular weight excluding hydrogens is 234 g/mol. The predicted molar refractivity (Wildman–Crippen MR) is 59.0 cm³/mol. The third kappa shape index (κ3) is 1.97. The van der Waals surface area contributed by atoms with Crippen LogP contribution < -0.4 is 5.73 Å². The van der Waals surface area contributed by atoms with Crippen molar-refractivity contribution in [2.75, 3.05) is 5.73 Å². The molecule has 0 aliphatic heterocycles. The van der Waals surface area contributed by atoms with Gasteiger partial charge in [0.2, 0.25) is 0 Å². The molecule has 2 N–H and O–H groups in total. The van der Waals surface area contributed by atoms with Crippen molar-refractivity contribution < 1.29 is 8.78 Å². The zero-order valence-electron chi connectivity index (χ0n) is 8.05. The zero-order valence-corrected chi connectivity index (χ0v) is 8.80. The number of halogens is 3. The summed E-state index contributed by atoms with van der Waals surface area (Å²) in [5, 5.41) is 0.0965. The van der Waals surface area contributed by atoms with E-state index in [2.05, 4.69) is 4.98 Å². The van der Waals surface area contributed by atoms with Crippen LogP contribution in [0.1, 0.15) is 0 Å². The minimum atomic E-state index is -0.529. The lowest BCUT2D eigenvalue weighted by Gasteiger charge is -2.07. The van der Waals surface area contributed by atoms with Gasteiger partial charge in [-0.05, 0) is 18.2 Å². The molecule has 0 fully saturated rings. The SMILES string of the molecule is Nc1c(Cl)cc(F)cc1-c1cncc(F)c1. The van der Waals surface area contributed by atoms with Crippen molar-refractivity contribution in [3.63, 3.8) is 0 Å². The van der Waals surface area contributed by atoms with E-state index in [1.165, 1.54) is 18.3 Å². The molecule has 0 unspecified atom stereocenters. The summed E-state index contributed by atoms with van der Waals surface area (Å²) in [7, 11) is 0. The van der Waals surface area contributed by atoms with Crippen molar-refractivity contribution in [1.29, 1.82) is 0 Å². The van der Waals surface area contributed by atoms with Gasteiger partial charge in [-0.2, -0.15) is 0 Å². The third-order valence-electron chi connectivity index (χ3n) is 2.11. The Morgan fingerprint density at radius 3 is 2.50 bits per heavy atom. The first-order valence-corrected chi connectivity index (χ1v) is 4.81. The molecule has 1 aromatic carbocycles. The van der Waals surface area contributed by atoms with Crippen molar-refractivity contribution >= 4 is 17.3 Å². The Morgan fingerprint density at radius 1 is 1.06 bits per heavy atom. The van der Waals surface area contributed by atoms with E-state index in [0.717, 1.165) is 12.3 Å². The van der Waals surface area contributed by atoms with Gasteiger partial charge in [0.25, 0.3) is 0 Å². The van der Waals surface area contributed by atoms with E-state index in [4.69, 9.17) is 17.3 Å². The second kappa shape index (κ2) is 4.06. The Morgan fingerprint density at radius 2 is 1.81 bits per heavy atom. The second-order valence-corrected chi connectivity index (χ2v) is 3.65. The summed E-state index contributed by atoms with van der Waals surface area (Å²) in [4.78, 5) is 3.66. The van der Waals surface area contributed by atoms with Crippen LogP contribution in [0.3, 0.4) is 0 Å². The Labute approximate surface area is 95.7 Å². The molecule has 0 radical (unpaired) electrons. The predicted octanol–water partition coefficient (Wildman–Crippen LogP) is 3.26. The summed E-state index contributed by atoms with van der Waals surface area (Å²) < 4.78 is 26.1. The molecule has 0 saturated carbocycles. The number of nitrogens with two attached hydrogens (primary N) is 1. The second-order valence-electron chi connectivity index (χ2n) is 3.24. The molecule has 0 atom stereocenters. The van der Waals surface area contributed by atoms with Crippen LogP contribution in [0, 0.1) is 11.6 Å². The van der Waals surface area contributed by atoms with Crippen LogP contribution in [0.4, 0.5) is 14.5 Å². The summed E-state index contributed by atoms with van der Waals surface area (Å²) in [6, 6.07) is 3.51. The van der Waals surface area contributed by atoms with Crippen molar-refractivity contribution in [1.82, 2.24) is 4.98 Å². The monoisotopic (exact) mass is 240 g/mol. The summed E-state index contributed by atoms with van der Waals surface area (Å²) >= 11 is 5.73. The molecule has 5 heteroatoms. The van der Waals surface area contributed by atoms with Gasteiger partial charge in [-0.3, -0.25) is 4.98 Å². The number of aromatic nitrogens is 1. The van der Waals surface area contributed by atoms with Crippen LogP contribution in [0.2, 0.25) is 5.02 Å². The Kier molecular flexibility index (Phi) is 2.75. The Balaban J connectivity index is 2.64. The standard InChI is InChI=1S/C11H7ClF2N2/c12-10-3-7(13)2-9(11(10)15)6-1-8(14)5-16-4-6/h1-5H,15H2. The van der Waals surface area contributed by atoms with E-state index in [1.54, 1.807) is 0 Å². The lowest BCUT2D eigenvalue weighted by Crippen LogP contribution is -1.94. The average molecular weight is 241 g/mol. The van der Waals surface area contributed by atoms with Crippen molar-refractivity contribution in [2.45, 2.75) is 0 Å². The Bertz CT molecular complexity index is 544. The zero-order chi connectivity index (χ0) is 11.7. The smallest absolute Gasteiger partial charge is 0.142 e. The molecule has 0 spiro atoms. The third-order valence-corrected chi connectivity index (χ3v) is 2.42. The van der Waals surface area contributed by atoms with Crippen molar-refractivity contribution in [3.05, 3.63) is 47.2 Å². The fraction of sp³-hybridized carbons (Fsp3) is 0. The van der Waals surface area contributed by atoms with Gasteiger partial charge < -0.3 is 5.73 Å². The minimum Gasteiger partial charge on any atom is -0.397 e. The molecule has 0 aliphatic carbocycles. The number of pyridine rings is 1. The minimum absolute atomic E-state index is 0.0965. The van der Waals surface area contributed by atoms with Gasteiger partial charge in [0.1, 0.15) is 11.6 Å². The number of hydrogen-bond donors (Lipinski definition) is 1. The number of nitrogen functional groups attached to an aromatic ring is 1. The number of rotatable bonds is 1. The lowest BCUT2D eigenvalue weighted by atomic mass is 10.1. The lowest BCUT2D eigenvalue weighted by molar-refractivity contribution is 0.621. The van der Waals surface area contributed by atoms with Crippen LogP contribution in [0.25, 0.3) is 11.1 Å². The number of hydrogen-bond acceptors (Lipinski definition) is 2. The quantitative estimate of drug-likeness (QED) is 0.777. The fourth-order valence-electron chi connectivity index (χ4n) is 1.38. The van der Waals surface area contributed by atoms with Crippen molar-refractivity contribution in [3.8, 4) is 11.1 Å². The molecule has 0 bridgehead atoms. The van der Waals surface area contributed by atoms with Crippen LogP contribution in [0.15, 0.2) is 30.6 Å². The molecule has 2 nitrogen and oxygen atoms in total. The largest absolute Gasteiger partial charge is 0.397 e. The molecule has 16 heavy (non-hydrogen) atoms. The maximum Gasteiger partial charge on any atom is 0.142 e. The van der Waals surface area contributed by atoms with E-state index in [-0.39, 0.29) is 10.7 Å². The number of benzene rings is 1. The van der Waals surface area contributed by atoms with Crippen LogP contribution in [-0.2, 0) is 0 Å². The van der Waals surface area contributed by atoms with Gasteiger partial charge in [0.05, 0.1) is 16.9 Å². The molecule has 1 heterocycles. The van der Waals surface area contributed by atoms with E-state index >= 15 is 0 Å². The molecule has 0 aliphatic rings. The van der Waals surface area contributed by atoms with Gasteiger partial charge in [0, 0.05) is 17.3 Å². The molecule has 2 rings (SSSR count). The highest BCUT2D eigenvalue weighted by Gasteiger charge is 2.09. The van der Waals surface area contributed by atoms with Gasteiger partial charge in [-0.15, -0.1) is 0 Å². The summed E-state index contributed by atoms with van der Waals surface area (Å²) in [6.45, 7) is 0. The van der Waals surface area contributed by atoms with Gasteiger partial charge in [0.15, 0.2) is 0 Å². The van der Waals surface area contributed by atoms with E-state index in [9.17, 15) is 8.78 Å². The van der Waals surface area contributed by atoms with E-state index in [1.807, 2.05) is 0 Å². The highest BCUT2D eigenvalue weighted by Crippen LogP contribution is 2.32. The normalized spacial score (nSPS) is 10.4. The summed E-state index contributed by atoms with van der Waals surface area (Å²) in [6.07, 6.45) is 2.45.